The van der Waals surface area contributed by atoms with E-state index < -0.39 is 11.6 Å². The zero-order chi connectivity index (χ0) is 19.0. The molecule has 0 saturated carbocycles. The van der Waals surface area contributed by atoms with Gasteiger partial charge in [0, 0.05) is 36.5 Å². The van der Waals surface area contributed by atoms with E-state index in [1.165, 1.54) is 6.07 Å². The predicted octanol–water partition coefficient (Wildman–Crippen LogP) is 3.04. The Hall–Kier alpha value is -3.03. The topological polar surface area (TPSA) is 64.2 Å². The van der Waals surface area contributed by atoms with Gasteiger partial charge >= 0.3 is 0 Å². The van der Waals surface area contributed by atoms with Gasteiger partial charge in [-0.1, -0.05) is 12.1 Å². The fourth-order valence-corrected chi connectivity index (χ4v) is 3.35. The molecule has 0 radical (unpaired) electrons. The number of fused-ring (bicyclic) bond motifs is 1. The summed E-state index contributed by atoms with van der Waals surface area (Å²) in [5, 5.41) is 8.16. The van der Waals surface area contributed by atoms with Crippen LogP contribution in [0.15, 0.2) is 41.2 Å². The molecule has 0 N–H and O–H groups in total. The van der Waals surface area contributed by atoms with Gasteiger partial charge in [0.05, 0.1) is 19.0 Å². The van der Waals surface area contributed by atoms with Crippen LogP contribution in [0.4, 0.5) is 8.78 Å². The molecule has 3 heterocycles. The highest BCUT2D eigenvalue weighted by atomic mass is 19.2. The van der Waals surface area contributed by atoms with Gasteiger partial charge in [-0.15, -0.1) is 0 Å². The smallest absolute Gasteiger partial charge is 0.227 e. The lowest BCUT2D eigenvalue weighted by Gasteiger charge is -2.28. The highest BCUT2D eigenvalue weighted by molar-refractivity contribution is 5.79. The molecule has 1 amide bonds. The monoisotopic (exact) mass is 372 g/mol. The standard InChI is InChI=1S/C19H18F2N4O2/c1-12(10-25-7-2-6-22-25)19(26)24-8-5-17-14(11-24)18(23-27-17)13-3-4-15(20)16(21)9-13/h2-4,6-7,9,12H,5,8,10-11H2,1H3. The molecule has 27 heavy (non-hydrogen) atoms. The number of nitrogens with zero attached hydrogens (tertiary/aromatic N) is 4. The summed E-state index contributed by atoms with van der Waals surface area (Å²) in [6.45, 7) is 3.22. The van der Waals surface area contributed by atoms with Crippen LogP contribution in [-0.4, -0.2) is 32.3 Å². The summed E-state index contributed by atoms with van der Waals surface area (Å²) >= 11 is 0. The number of carbonyl (C=O) groups is 1. The first-order valence-corrected chi connectivity index (χ1v) is 8.72. The van der Waals surface area contributed by atoms with Crippen molar-refractivity contribution in [2.24, 2.45) is 5.92 Å². The van der Waals surface area contributed by atoms with Crippen molar-refractivity contribution in [3.05, 3.63) is 59.6 Å². The zero-order valence-electron chi connectivity index (χ0n) is 14.7. The van der Waals surface area contributed by atoms with Crippen molar-refractivity contribution in [2.45, 2.75) is 26.4 Å². The molecule has 0 bridgehead atoms. The number of aromatic nitrogens is 3. The second-order valence-electron chi connectivity index (χ2n) is 6.70. The number of hydrogen-bond acceptors (Lipinski definition) is 4. The number of rotatable bonds is 4. The molecule has 3 aromatic rings. The summed E-state index contributed by atoms with van der Waals surface area (Å²) in [5.74, 6) is -1.41. The molecule has 4 rings (SSSR count). The van der Waals surface area contributed by atoms with Crippen LogP contribution in [0.3, 0.4) is 0 Å². The lowest BCUT2D eigenvalue weighted by molar-refractivity contribution is -0.136. The van der Waals surface area contributed by atoms with Gasteiger partial charge in [0.15, 0.2) is 11.6 Å². The van der Waals surface area contributed by atoms with Gasteiger partial charge in [0.2, 0.25) is 5.91 Å². The molecule has 0 spiro atoms. The minimum absolute atomic E-state index is 0.00795. The van der Waals surface area contributed by atoms with E-state index >= 15 is 0 Å². The molecule has 1 aliphatic heterocycles. The Morgan fingerprint density at radius 2 is 2.19 bits per heavy atom. The quantitative estimate of drug-likeness (QED) is 0.706. The van der Waals surface area contributed by atoms with Gasteiger partial charge in [-0.3, -0.25) is 9.48 Å². The maximum atomic E-state index is 13.6. The summed E-state index contributed by atoms with van der Waals surface area (Å²) in [4.78, 5) is 14.6. The molecule has 0 aliphatic carbocycles. The van der Waals surface area contributed by atoms with Gasteiger partial charge < -0.3 is 9.42 Å². The summed E-state index contributed by atoms with van der Waals surface area (Å²) in [6, 6.07) is 5.42. The molecule has 1 aromatic carbocycles. The molecule has 0 fully saturated rings. The van der Waals surface area contributed by atoms with Crippen LogP contribution >= 0.6 is 0 Å². The summed E-state index contributed by atoms with van der Waals surface area (Å²) in [5.41, 5.74) is 1.62. The summed E-state index contributed by atoms with van der Waals surface area (Å²) in [6.07, 6.45) is 4.03. The molecule has 1 atom stereocenters. The Balaban J connectivity index is 1.54. The third-order valence-electron chi connectivity index (χ3n) is 4.77. The van der Waals surface area contributed by atoms with Gasteiger partial charge in [-0.05, 0) is 24.3 Å². The van der Waals surface area contributed by atoms with Crippen LogP contribution < -0.4 is 0 Å². The van der Waals surface area contributed by atoms with E-state index in [4.69, 9.17) is 4.52 Å². The highest BCUT2D eigenvalue weighted by Crippen LogP contribution is 2.31. The van der Waals surface area contributed by atoms with Gasteiger partial charge in [0.25, 0.3) is 0 Å². The SMILES string of the molecule is CC(Cn1cccn1)C(=O)N1CCc2onc(-c3ccc(F)c(F)c3)c2C1. The predicted molar refractivity (Wildman–Crippen MR) is 92.4 cm³/mol. The lowest BCUT2D eigenvalue weighted by Crippen LogP contribution is -2.40. The van der Waals surface area contributed by atoms with Gasteiger partial charge in [-0.25, -0.2) is 8.78 Å². The van der Waals surface area contributed by atoms with Crippen molar-refractivity contribution in [3.8, 4) is 11.3 Å². The Morgan fingerprint density at radius 1 is 1.33 bits per heavy atom. The van der Waals surface area contributed by atoms with Crippen molar-refractivity contribution in [2.75, 3.05) is 6.54 Å². The molecule has 0 saturated heterocycles. The lowest BCUT2D eigenvalue weighted by atomic mass is 10.00. The molecule has 6 nitrogen and oxygen atoms in total. The van der Waals surface area contributed by atoms with Crippen molar-refractivity contribution >= 4 is 5.91 Å². The molecule has 1 unspecified atom stereocenters. The number of hydrogen-bond donors (Lipinski definition) is 0. The third-order valence-corrected chi connectivity index (χ3v) is 4.77. The van der Waals surface area contributed by atoms with E-state index in [0.29, 0.717) is 43.1 Å². The highest BCUT2D eigenvalue weighted by Gasteiger charge is 2.30. The van der Waals surface area contributed by atoms with Crippen LogP contribution in [0.5, 0.6) is 0 Å². The number of carbonyl (C=O) groups excluding carboxylic acids is 1. The summed E-state index contributed by atoms with van der Waals surface area (Å²) < 4.78 is 33.9. The molecule has 8 heteroatoms. The molecular weight excluding hydrogens is 354 g/mol. The van der Waals surface area contributed by atoms with Crippen LogP contribution in [0.1, 0.15) is 18.2 Å². The van der Waals surface area contributed by atoms with E-state index in [1.54, 1.807) is 15.8 Å². The van der Waals surface area contributed by atoms with Crippen LogP contribution in [0.2, 0.25) is 0 Å². The first-order valence-electron chi connectivity index (χ1n) is 8.72. The Morgan fingerprint density at radius 3 is 2.93 bits per heavy atom. The van der Waals surface area contributed by atoms with Gasteiger partial charge in [-0.2, -0.15) is 5.10 Å². The van der Waals surface area contributed by atoms with Crippen molar-refractivity contribution in [1.82, 2.24) is 19.8 Å². The first-order chi connectivity index (χ1) is 13.0. The maximum absolute atomic E-state index is 13.6. The third kappa shape index (κ3) is 3.34. The van der Waals surface area contributed by atoms with E-state index in [1.807, 2.05) is 19.2 Å². The Bertz CT molecular complexity index is 968. The van der Waals surface area contributed by atoms with E-state index in [0.717, 1.165) is 17.7 Å². The number of benzene rings is 1. The van der Waals surface area contributed by atoms with E-state index in [9.17, 15) is 13.6 Å². The second-order valence-corrected chi connectivity index (χ2v) is 6.70. The number of amides is 1. The fraction of sp³-hybridized carbons (Fsp3) is 0.316. The van der Waals surface area contributed by atoms with Crippen molar-refractivity contribution in [3.63, 3.8) is 0 Å². The molecule has 1 aliphatic rings. The average Bonchev–Trinajstić information content (AvgIpc) is 3.32. The van der Waals surface area contributed by atoms with Crippen molar-refractivity contribution in [1.29, 1.82) is 0 Å². The normalized spacial score (nSPS) is 14.9. The Kier molecular flexibility index (Phi) is 4.47. The molecular formula is C19H18F2N4O2. The molecule has 140 valence electrons. The average molecular weight is 372 g/mol. The number of halogens is 2. The van der Waals surface area contributed by atoms with Crippen LogP contribution in [-0.2, 0) is 24.3 Å². The summed E-state index contributed by atoms with van der Waals surface area (Å²) in [7, 11) is 0. The maximum Gasteiger partial charge on any atom is 0.227 e. The van der Waals surface area contributed by atoms with Crippen LogP contribution in [0.25, 0.3) is 11.3 Å². The minimum atomic E-state index is -0.944. The largest absolute Gasteiger partial charge is 0.360 e. The van der Waals surface area contributed by atoms with Crippen molar-refractivity contribution < 1.29 is 18.1 Å². The second kappa shape index (κ2) is 6.94. The minimum Gasteiger partial charge on any atom is -0.360 e. The zero-order valence-corrected chi connectivity index (χ0v) is 14.7. The van der Waals surface area contributed by atoms with E-state index in [-0.39, 0.29) is 11.8 Å². The van der Waals surface area contributed by atoms with Gasteiger partial charge in [0.1, 0.15) is 11.5 Å². The van der Waals surface area contributed by atoms with E-state index in [2.05, 4.69) is 10.3 Å². The van der Waals surface area contributed by atoms with Crippen LogP contribution in [0, 0.1) is 17.6 Å². The Labute approximate surface area is 154 Å². The molecule has 2 aromatic heterocycles. The first kappa shape index (κ1) is 17.4. The fourth-order valence-electron chi connectivity index (χ4n) is 3.35.